The van der Waals surface area contributed by atoms with Gasteiger partial charge in [-0.2, -0.15) is 0 Å². The number of rotatable bonds is 5. The van der Waals surface area contributed by atoms with E-state index in [0.29, 0.717) is 25.3 Å². The number of methoxy groups -OCH3 is 1. The molecule has 0 saturated carbocycles. The van der Waals surface area contributed by atoms with Crippen molar-refractivity contribution in [1.82, 2.24) is 4.90 Å². The largest absolute Gasteiger partial charge is 0.496 e. The fourth-order valence-electron chi connectivity index (χ4n) is 2.83. The van der Waals surface area contributed by atoms with Crippen molar-refractivity contribution in [3.05, 3.63) is 29.6 Å². The minimum absolute atomic E-state index is 0.107. The number of amides is 1. The first kappa shape index (κ1) is 16.3. The molecular weight excluding hydrogens is 289 g/mol. The van der Waals surface area contributed by atoms with Crippen molar-refractivity contribution in [3.8, 4) is 5.75 Å². The van der Waals surface area contributed by atoms with E-state index >= 15 is 0 Å². The zero-order chi connectivity index (χ0) is 16.1. The molecule has 0 aliphatic carbocycles. The maximum atomic E-state index is 13.4. The number of carboxylic acids is 1. The minimum atomic E-state index is -0.824. The maximum absolute atomic E-state index is 13.4. The van der Waals surface area contributed by atoms with Crippen molar-refractivity contribution in [2.75, 3.05) is 20.2 Å². The van der Waals surface area contributed by atoms with Gasteiger partial charge in [0.2, 0.25) is 0 Å². The Kier molecular flexibility index (Phi) is 5.35. The molecule has 1 heterocycles. The summed E-state index contributed by atoms with van der Waals surface area (Å²) < 4.78 is 18.5. The van der Waals surface area contributed by atoms with Crippen LogP contribution in [-0.4, -0.2) is 42.1 Å². The molecule has 120 valence electrons. The topological polar surface area (TPSA) is 66.8 Å². The SMILES string of the molecule is COc1ccc(F)cc1C(=O)N1CCC[C@@H](CCC(=O)O)C1. The molecule has 1 atom stereocenters. The summed E-state index contributed by atoms with van der Waals surface area (Å²) in [6.07, 6.45) is 2.40. The third-order valence-electron chi connectivity index (χ3n) is 3.96. The Bertz CT molecular complexity index is 561. The number of likely N-dealkylation sites (tertiary alicyclic amines) is 1. The van der Waals surface area contributed by atoms with Gasteiger partial charge in [0.25, 0.3) is 5.91 Å². The predicted molar refractivity (Wildman–Crippen MR) is 78.4 cm³/mol. The van der Waals surface area contributed by atoms with Gasteiger partial charge in [0.1, 0.15) is 11.6 Å². The number of carboxylic acid groups (broad SMARTS) is 1. The Morgan fingerprint density at radius 2 is 2.23 bits per heavy atom. The van der Waals surface area contributed by atoms with Crippen molar-refractivity contribution < 1.29 is 23.8 Å². The highest BCUT2D eigenvalue weighted by Crippen LogP contribution is 2.26. The van der Waals surface area contributed by atoms with Crippen molar-refractivity contribution in [2.24, 2.45) is 5.92 Å². The van der Waals surface area contributed by atoms with Gasteiger partial charge in [-0.25, -0.2) is 4.39 Å². The second-order valence-corrected chi connectivity index (χ2v) is 5.54. The van der Waals surface area contributed by atoms with Gasteiger partial charge < -0.3 is 14.7 Å². The van der Waals surface area contributed by atoms with Gasteiger partial charge in [-0.05, 0) is 43.4 Å². The molecule has 1 saturated heterocycles. The summed E-state index contributed by atoms with van der Waals surface area (Å²) in [5, 5.41) is 8.76. The van der Waals surface area contributed by atoms with E-state index in [1.54, 1.807) is 4.90 Å². The third kappa shape index (κ3) is 3.96. The lowest BCUT2D eigenvalue weighted by Gasteiger charge is -2.33. The second kappa shape index (κ2) is 7.24. The van der Waals surface area contributed by atoms with Gasteiger partial charge >= 0.3 is 5.97 Å². The Balaban J connectivity index is 2.08. The van der Waals surface area contributed by atoms with Gasteiger partial charge in [-0.15, -0.1) is 0 Å². The lowest BCUT2D eigenvalue weighted by atomic mass is 9.93. The fourth-order valence-corrected chi connectivity index (χ4v) is 2.83. The normalized spacial score (nSPS) is 18.1. The van der Waals surface area contributed by atoms with E-state index in [9.17, 15) is 14.0 Å². The molecule has 1 amide bonds. The van der Waals surface area contributed by atoms with E-state index < -0.39 is 11.8 Å². The summed E-state index contributed by atoms with van der Waals surface area (Å²) in [4.78, 5) is 24.9. The summed E-state index contributed by atoms with van der Waals surface area (Å²) >= 11 is 0. The standard InChI is InChI=1S/C16H20FNO4/c1-22-14-6-5-12(17)9-13(14)16(21)18-8-2-3-11(10-18)4-7-15(19)20/h5-6,9,11H,2-4,7-8,10H2,1H3,(H,19,20)/t11-/m0/s1. The van der Waals surface area contributed by atoms with Gasteiger partial charge in [-0.3, -0.25) is 9.59 Å². The van der Waals surface area contributed by atoms with Crippen LogP contribution >= 0.6 is 0 Å². The number of ether oxygens (including phenoxy) is 1. The Hall–Kier alpha value is -2.11. The molecule has 0 unspecified atom stereocenters. The van der Waals surface area contributed by atoms with Crippen LogP contribution in [0.1, 0.15) is 36.0 Å². The van der Waals surface area contributed by atoms with Crippen LogP contribution in [-0.2, 0) is 4.79 Å². The van der Waals surface area contributed by atoms with Crippen molar-refractivity contribution >= 4 is 11.9 Å². The van der Waals surface area contributed by atoms with Crippen LogP contribution in [0.5, 0.6) is 5.75 Å². The molecule has 0 spiro atoms. The second-order valence-electron chi connectivity index (χ2n) is 5.54. The summed E-state index contributed by atoms with van der Waals surface area (Å²) in [6, 6.07) is 3.87. The predicted octanol–water partition coefficient (Wildman–Crippen LogP) is 2.55. The molecule has 6 heteroatoms. The number of hydrogen-bond donors (Lipinski definition) is 1. The van der Waals surface area contributed by atoms with Gasteiger partial charge in [0.15, 0.2) is 0 Å². The maximum Gasteiger partial charge on any atom is 0.303 e. The zero-order valence-electron chi connectivity index (χ0n) is 12.5. The molecule has 1 aromatic carbocycles. The molecule has 0 aromatic heterocycles. The lowest BCUT2D eigenvalue weighted by molar-refractivity contribution is -0.137. The molecule has 1 aromatic rings. The molecule has 1 fully saturated rings. The molecular formula is C16H20FNO4. The lowest BCUT2D eigenvalue weighted by Crippen LogP contribution is -2.40. The third-order valence-corrected chi connectivity index (χ3v) is 3.96. The number of halogens is 1. The highest BCUT2D eigenvalue weighted by molar-refractivity contribution is 5.97. The van der Waals surface area contributed by atoms with E-state index in [0.717, 1.165) is 12.8 Å². The van der Waals surface area contributed by atoms with E-state index in [-0.39, 0.29) is 23.8 Å². The van der Waals surface area contributed by atoms with Crippen LogP contribution in [0.2, 0.25) is 0 Å². The molecule has 22 heavy (non-hydrogen) atoms. The van der Waals surface area contributed by atoms with Crippen LogP contribution in [0.3, 0.4) is 0 Å². The summed E-state index contributed by atoms with van der Waals surface area (Å²) in [5.41, 5.74) is 0.210. The smallest absolute Gasteiger partial charge is 0.303 e. The first-order valence-corrected chi connectivity index (χ1v) is 7.36. The molecule has 1 N–H and O–H groups in total. The molecule has 0 bridgehead atoms. The number of aliphatic carboxylic acids is 1. The minimum Gasteiger partial charge on any atom is -0.496 e. The number of carbonyl (C=O) groups excluding carboxylic acids is 1. The first-order valence-electron chi connectivity index (χ1n) is 7.36. The number of nitrogens with zero attached hydrogens (tertiary/aromatic N) is 1. The van der Waals surface area contributed by atoms with Gasteiger partial charge in [0.05, 0.1) is 12.7 Å². The number of piperidine rings is 1. The fraction of sp³-hybridized carbons (Fsp3) is 0.500. The summed E-state index contributed by atoms with van der Waals surface area (Å²) in [6.45, 7) is 1.11. The van der Waals surface area contributed by atoms with Gasteiger partial charge in [0, 0.05) is 19.5 Å². The Morgan fingerprint density at radius 1 is 1.45 bits per heavy atom. The van der Waals surface area contributed by atoms with Crippen LogP contribution < -0.4 is 4.74 Å². The number of carbonyl (C=O) groups is 2. The highest BCUT2D eigenvalue weighted by Gasteiger charge is 2.26. The first-order chi connectivity index (χ1) is 10.5. The van der Waals surface area contributed by atoms with Crippen molar-refractivity contribution in [3.63, 3.8) is 0 Å². The molecule has 5 nitrogen and oxygen atoms in total. The average Bonchev–Trinajstić information content (AvgIpc) is 2.52. The Morgan fingerprint density at radius 3 is 2.91 bits per heavy atom. The Labute approximate surface area is 128 Å². The summed E-state index contributed by atoms with van der Waals surface area (Å²) in [5.74, 6) is -1.05. The van der Waals surface area contributed by atoms with E-state index in [1.807, 2.05) is 0 Å². The van der Waals surface area contributed by atoms with E-state index in [1.165, 1.54) is 25.3 Å². The van der Waals surface area contributed by atoms with Crippen LogP contribution in [0.25, 0.3) is 0 Å². The van der Waals surface area contributed by atoms with Crippen molar-refractivity contribution in [2.45, 2.75) is 25.7 Å². The quantitative estimate of drug-likeness (QED) is 0.907. The van der Waals surface area contributed by atoms with E-state index in [2.05, 4.69) is 0 Å². The zero-order valence-corrected chi connectivity index (χ0v) is 12.5. The molecule has 0 radical (unpaired) electrons. The molecule has 2 rings (SSSR count). The average molecular weight is 309 g/mol. The van der Waals surface area contributed by atoms with Crippen molar-refractivity contribution in [1.29, 1.82) is 0 Å². The number of hydrogen-bond acceptors (Lipinski definition) is 3. The molecule has 1 aliphatic heterocycles. The van der Waals surface area contributed by atoms with Gasteiger partial charge in [-0.1, -0.05) is 0 Å². The number of benzene rings is 1. The summed E-state index contributed by atoms with van der Waals surface area (Å²) in [7, 11) is 1.44. The van der Waals surface area contributed by atoms with E-state index in [4.69, 9.17) is 9.84 Å². The van der Waals surface area contributed by atoms with Crippen LogP contribution in [0.4, 0.5) is 4.39 Å². The molecule has 1 aliphatic rings. The van der Waals surface area contributed by atoms with Crippen LogP contribution in [0, 0.1) is 11.7 Å². The monoisotopic (exact) mass is 309 g/mol. The highest BCUT2D eigenvalue weighted by atomic mass is 19.1. The van der Waals surface area contributed by atoms with Crippen LogP contribution in [0.15, 0.2) is 18.2 Å².